The van der Waals surface area contributed by atoms with Gasteiger partial charge in [0.15, 0.2) is 0 Å². The molecule has 2 rings (SSSR count). The lowest BCUT2D eigenvalue weighted by Gasteiger charge is -2.34. The molecule has 0 saturated carbocycles. The van der Waals surface area contributed by atoms with Crippen molar-refractivity contribution in [1.29, 1.82) is 0 Å². The number of hydrogen-bond acceptors (Lipinski definition) is 3. The smallest absolute Gasteiger partial charge is 0.205 e. The molecule has 0 bridgehead atoms. The number of ether oxygens (including phenoxy) is 2. The molecule has 20 heavy (non-hydrogen) atoms. The molecule has 1 atom stereocenters. The number of benzene rings is 1. The molecule has 3 nitrogen and oxygen atoms in total. The van der Waals surface area contributed by atoms with E-state index in [0.717, 1.165) is 22.2 Å². The molecule has 0 saturated heterocycles. The van der Waals surface area contributed by atoms with E-state index in [2.05, 4.69) is 41.6 Å². The summed E-state index contributed by atoms with van der Waals surface area (Å²) >= 11 is 3.50. The Labute approximate surface area is 129 Å². The average Bonchev–Trinajstić information content (AvgIpc) is 2.38. The molecule has 1 aliphatic heterocycles. The molecule has 4 heteroatoms. The van der Waals surface area contributed by atoms with Gasteiger partial charge in [0.05, 0.1) is 12.7 Å². The lowest BCUT2D eigenvalue weighted by Crippen LogP contribution is -2.35. The van der Waals surface area contributed by atoms with Gasteiger partial charge in [-0.1, -0.05) is 28.9 Å². The van der Waals surface area contributed by atoms with Gasteiger partial charge >= 0.3 is 0 Å². The van der Waals surface area contributed by atoms with Crippen LogP contribution in [0.4, 0.5) is 0 Å². The summed E-state index contributed by atoms with van der Waals surface area (Å²) in [6.07, 6.45) is 2.09. The Hall–Kier alpha value is -0.840. The first-order valence-corrected chi connectivity index (χ1v) is 7.53. The first-order chi connectivity index (χ1) is 9.29. The van der Waals surface area contributed by atoms with Crippen molar-refractivity contribution in [3.63, 3.8) is 0 Å². The Morgan fingerprint density at radius 1 is 1.50 bits per heavy atom. The van der Waals surface area contributed by atoms with Gasteiger partial charge < -0.3 is 14.6 Å². The Morgan fingerprint density at radius 2 is 2.10 bits per heavy atom. The molecule has 1 aromatic rings. The van der Waals surface area contributed by atoms with E-state index in [-0.39, 0.29) is 6.10 Å². The molecule has 0 aromatic heterocycles. The van der Waals surface area contributed by atoms with Crippen LogP contribution in [0.15, 0.2) is 29.3 Å². The largest absolute Gasteiger partial charge is 0.462 e. The molecular weight excluding hydrogens is 320 g/mol. The molecule has 0 aliphatic carbocycles. The molecule has 0 radical (unpaired) electrons. The average molecular weight is 343 g/mol. The first-order valence-electron chi connectivity index (χ1n) is 6.74. The zero-order valence-electron chi connectivity index (χ0n) is 12.6. The van der Waals surface area contributed by atoms with Crippen LogP contribution in [0.2, 0.25) is 0 Å². The van der Waals surface area contributed by atoms with Crippen LogP contribution in [0.5, 0.6) is 5.75 Å². The van der Waals surface area contributed by atoms with Crippen LogP contribution in [-0.2, 0) is 17.8 Å². The third kappa shape index (κ3) is 4.93. The summed E-state index contributed by atoms with van der Waals surface area (Å²) < 4.78 is 12.5. The van der Waals surface area contributed by atoms with Crippen molar-refractivity contribution in [3.8, 4) is 5.75 Å². The number of fused-ring (bicyclic) bond motifs is 1. The summed E-state index contributed by atoms with van der Waals surface area (Å²) in [5.74, 6) is 0.488. The third-order valence-corrected chi connectivity index (χ3v) is 3.31. The Morgan fingerprint density at radius 3 is 2.60 bits per heavy atom. The van der Waals surface area contributed by atoms with Crippen LogP contribution in [0.3, 0.4) is 0 Å². The van der Waals surface area contributed by atoms with E-state index in [1.165, 1.54) is 11.6 Å². The highest BCUT2D eigenvalue weighted by Crippen LogP contribution is 2.36. The minimum Gasteiger partial charge on any atom is -0.462 e. The van der Waals surface area contributed by atoms with Crippen LogP contribution in [0.25, 0.3) is 0 Å². The summed E-state index contributed by atoms with van der Waals surface area (Å²) in [6.45, 7) is 11.6. The van der Waals surface area contributed by atoms with E-state index in [1.807, 2.05) is 13.8 Å². The highest BCUT2D eigenvalue weighted by molar-refractivity contribution is 9.10. The second-order valence-corrected chi connectivity index (χ2v) is 6.09. The molecule has 0 amide bonds. The summed E-state index contributed by atoms with van der Waals surface area (Å²) in [5.41, 5.74) is 2.36. The standard InChI is InChI=1S/C12H15BrO2.C4H8O/c1-4-8-5-10(13)6-9-7-14-12(2,3)15-11(8)9;1-3-4(2)5/h5-6H,4,7H2,1-3H3;3-5H,1H2,2H3. The van der Waals surface area contributed by atoms with E-state index in [0.29, 0.717) is 6.61 Å². The predicted octanol–water partition coefficient (Wildman–Crippen LogP) is 4.21. The van der Waals surface area contributed by atoms with Crippen molar-refractivity contribution >= 4 is 15.9 Å². The fourth-order valence-corrected chi connectivity index (χ4v) is 2.29. The molecule has 0 spiro atoms. The monoisotopic (exact) mass is 342 g/mol. The molecule has 1 aliphatic rings. The minimum absolute atomic E-state index is 0.352. The Bertz CT molecular complexity index is 450. The zero-order valence-corrected chi connectivity index (χ0v) is 14.2. The summed E-state index contributed by atoms with van der Waals surface area (Å²) in [6, 6.07) is 4.17. The highest BCUT2D eigenvalue weighted by atomic mass is 79.9. The second-order valence-electron chi connectivity index (χ2n) is 5.17. The van der Waals surface area contributed by atoms with E-state index < -0.39 is 5.79 Å². The molecular formula is C16H23BrO3. The number of aryl methyl sites for hydroxylation is 1. The molecule has 1 N–H and O–H groups in total. The van der Waals surface area contributed by atoms with Gasteiger partial charge in [0.1, 0.15) is 5.75 Å². The van der Waals surface area contributed by atoms with Crippen molar-refractivity contribution in [2.45, 2.75) is 52.6 Å². The van der Waals surface area contributed by atoms with Gasteiger partial charge in [-0.25, -0.2) is 0 Å². The number of aliphatic hydroxyl groups is 1. The van der Waals surface area contributed by atoms with Gasteiger partial charge in [0.2, 0.25) is 5.79 Å². The van der Waals surface area contributed by atoms with Crippen LogP contribution in [-0.4, -0.2) is 17.0 Å². The third-order valence-electron chi connectivity index (χ3n) is 2.85. The SMILES string of the molecule is C=CC(C)O.CCc1cc(Br)cc2c1OC(C)(C)OC2. The lowest BCUT2D eigenvalue weighted by molar-refractivity contribution is -0.180. The second kappa shape index (κ2) is 7.25. The van der Waals surface area contributed by atoms with E-state index in [9.17, 15) is 0 Å². The first kappa shape index (κ1) is 17.2. The van der Waals surface area contributed by atoms with Crippen LogP contribution < -0.4 is 4.74 Å². The van der Waals surface area contributed by atoms with Gasteiger partial charge in [-0.3, -0.25) is 0 Å². The van der Waals surface area contributed by atoms with E-state index in [4.69, 9.17) is 14.6 Å². The molecule has 1 unspecified atom stereocenters. The van der Waals surface area contributed by atoms with Gasteiger partial charge in [-0.15, -0.1) is 6.58 Å². The van der Waals surface area contributed by atoms with Crippen LogP contribution in [0, 0.1) is 0 Å². The quantitative estimate of drug-likeness (QED) is 0.818. The normalized spacial score (nSPS) is 17.1. The van der Waals surface area contributed by atoms with E-state index in [1.54, 1.807) is 6.92 Å². The summed E-state index contributed by atoms with van der Waals surface area (Å²) in [5, 5.41) is 8.24. The van der Waals surface area contributed by atoms with Gasteiger partial charge in [0.25, 0.3) is 0 Å². The Kier molecular flexibility index (Phi) is 6.24. The number of halogens is 1. The fourth-order valence-electron chi connectivity index (χ4n) is 1.74. The maximum atomic E-state index is 8.24. The molecule has 0 fully saturated rings. The summed E-state index contributed by atoms with van der Waals surface area (Å²) in [7, 11) is 0. The molecule has 1 aromatic carbocycles. The minimum atomic E-state index is -0.509. The number of hydrogen-bond donors (Lipinski definition) is 1. The fraction of sp³-hybridized carbons (Fsp3) is 0.500. The summed E-state index contributed by atoms with van der Waals surface area (Å²) in [4.78, 5) is 0. The maximum absolute atomic E-state index is 8.24. The lowest BCUT2D eigenvalue weighted by atomic mass is 10.1. The number of rotatable bonds is 2. The van der Waals surface area contributed by atoms with Crippen molar-refractivity contribution < 1.29 is 14.6 Å². The number of aliphatic hydroxyl groups excluding tert-OH is 1. The molecule has 1 heterocycles. The van der Waals surface area contributed by atoms with Crippen LogP contribution in [0.1, 0.15) is 38.8 Å². The van der Waals surface area contributed by atoms with Gasteiger partial charge in [-0.2, -0.15) is 0 Å². The predicted molar refractivity (Wildman–Crippen MR) is 84.9 cm³/mol. The topological polar surface area (TPSA) is 38.7 Å². The van der Waals surface area contributed by atoms with Crippen molar-refractivity contribution in [3.05, 3.63) is 40.4 Å². The molecule has 112 valence electrons. The van der Waals surface area contributed by atoms with Gasteiger partial charge in [-0.05, 0) is 31.0 Å². The van der Waals surface area contributed by atoms with Crippen molar-refractivity contribution in [2.75, 3.05) is 0 Å². The van der Waals surface area contributed by atoms with Crippen LogP contribution >= 0.6 is 15.9 Å². The van der Waals surface area contributed by atoms with Crippen molar-refractivity contribution in [2.24, 2.45) is 0 Å². The zero-order chi connectivity index (χ0) is 15.3. The van der Waals surface area contributed by atoms with E-state index >= 15 is 0 Å². The highest BCUT2D eigenvalue weighted by Gasteiger charge is 2.28. The Balaban J connectivity index is 0.000000347. The van der Waals surface area contributed by atoms with Crippen molar-refractivity contribution in [1.82, 2.24) is 0 Å². The van der Waals surface area contributed by atoms with Gasteiger partial charge in [0, 0.05) is 23.9 Å². The maximum Gasteiger partial charge on any atom is 0.205 e.